The molecular formula is C12H18FNO. The maximum absolute atomic E-state index is 12.9. The topological polar surface area (TPSA) is 32.3 Å². The minimum absolute atomic E-state index is 0.179. The number of rotatable bonds is 4. The zero-order valence-corrected chi connectivity index (χ0v) is 9.47. The highest BCUT2D eigenvalue weighted by molar-refractivity contribution is 5.23. The van der Waals surface area contributed by atoms with E-state index in [0.717, 1.165) is 5.56 Å². The molecule has 2 nitrogen and oxygen atoms in total. The zero-order chi connectivity index (χ0) is 11.5. The van der Waals surface area contributed by atoms with E-state index in [9.17, 15) is 9.50 Å². The van der Waals surface area contributed by atoms with Crippen LogP contribution in [0.2, 0.25) is 0 Å². The van der Waals surface area contributed by atoms with Gasteiger partial charge >= 0.3 is 0 Å². The van der Waals surface area contributed by atoms with Gasteiger partial charge in [-0.05, 0) is 38.0 Å². The maximum atomic E-state index is 12.9. The first kappa shape index (κ1) is 12.1. The predicted octanol–water partition coefficient (Wildman–Crippen LogP) is 1.99. The van der Waals surface area contributed by atoms with Gasteiger partial charge in [0.1, 0.15) is 5.82 Å². The second kappa shape index (κ2) is 4.73. The molecule has 84 valence electrons. The van der Waals surface area contributed by atoms with Crippen LogP contribution in [0.1, 0.15) is 25.0 Å². The average Bonchev–Trinajstić information content (AvgIpc) is 2.09. The van der Waals surface area contributed by atoms with Crippen LogP contribution in [0.25, 0.3) is 0 Å². The first-order valence-electron chi connectivity index (χ1n) is 5.06. The first-order chi connectivity index (χ1) is 6.88. The van der Waals surface area contributed by atoms with Gasteiger partial charge in [0.15, 0.2) is 0 Å². The molecule has 1 aromatic carbocycles. The van der Waals surface area contributed by atoms with Crippen molar-refractivity contribution in [1.82, 2.24) is 5.32 Å². The van der Waals surface area contributed by atoms with Gasteiger partial charge in [-0.1, -0.05) is 12.1 Å². The summed E-state index contributed by atoms with van der Waals surface area (Å²) in [5.41, 5.74) is 0.963. The molecule has 0 fully saturated rings. The smallest absolute Gasteiger partial charge is 0.126 e. The maximum Gasteiger partial charge on any atom is 0.126 e. The third-order valence-corrected chi connectivity index (χ3v) is 2.11. The Morgan fingerprint density at radius 3 is 2.60 bits per heavy atom. The van der Waals surface area contributed by atoms with E-state index >= 15 is 0 Å². The van der Waals surface area contributed by atoms with Crippen LogP contribution in [-0.2, 0) is 6.54 Å². The summed E-state index contributed by atoms with van der Waals surface area (Å²) in [4.78, 5) is 0. The van der Waals surface area contributed by atoms with Crippen LogP contribution < -0.4 is 5.32 Å². The lowest BCUT2D eigenvalue weighted by molar-refractivity contribution is 0.0795. The summed E-state index contributed by atoms with van der Waals surface area (Å²) in [7, 11) is 0. The molecule has 0 spiro atoms. The molecular weight excluding hydrogens is 193 g/mol. The van der Waals surface area contributed by atoms with E-state index in [-0.39, 0.29) is 5.82 Å². The minimum Gasteiger partial charge on any atom is -0.389 e. The summed E-state index contributed by atoms with van der Waals surface area (Å²) in [6.45, 7) is 6.40. The Balaban J connectivity index is 2.48. The van der Waals surface area contributed by atoms with Gasteiger partial charge in [-0.15, -0.1) is 0 Å². The van der Waals surface area contributed by atoms with Gasteiger partial charge in [0.2, 0.25) is 0 Å². The van der Waals surface area contributed by atoms with Crippen molar-refractivity contribution in [2.24, 2.45) is 0 Å². The Hall–Kier alpha value is -0.930. The zero-order valence-electron chi connectivity index (χ0n) is 9.47. The van der Waals surface area contributed by atoms with Gasteiger partial charge in [0.05, 0.1) is 5.60 Å². The summed E-state index contributed by atoms with van der Waals surface area (Å²) >= 11 is 0. The Kier molecular flexibility index (Phi) is 3.83. The monoisotopic (exact) mass is 211 g/mol. The standard InChI is InChI=1S/C12H18FNO/c1-9-6-10(4-5-11(9)13)7-14-8-12(2,3)15/h4-6,14-15H,7-8H2,1-3H3. The molecule has 0 aliphatic rings. The fourth-order valence-electron chi connectivity index (χ4n) is 1.33. The van der Waals surface area contributed by atoms with Crippen LogP contribution in [0.15, 0.2) is 18.2 Å². The molecule has 0 bridgehead atoms. The van der Waals surface area contributed by atoms with Crippen LogP contribution >= 0.6 is 0 Å². The molecule has 1 aromatic rings. The Morgan fingerprint density at radius 2 is 2.07 bits per heavy atom. The number of aliphatic hydroxyl groups is 1. The molecule has 0 aliphatic carbocycles. The molecule has 2 N–H and O–H groups in total. The highest BCUT2D eigenvalue weighted by atomic mass is 19.1. The number of nitrogens with one attached hydrogen (secondary N) is 1. The molecule has 0 heterocycles. The molecule has 0 saturated heterocycles. The van der Waals surface area contributed by atoms with Gasteiger partial charge in [-0.3, -0.25) is 0 Å². The molecule has 15 heavy (non-hydrogen) atoms. The number of hydrogen-bond acceptors (Lipinski definition) is 2. The van der Waals surface area contributed by atoms with Crippen molar-refractivity contribution >= 4 is 0 Å². The third-order valence-electron chi connectivity index (χ3n) is 2.11. The van der Waals surface area contributed by atoms with Crippen molar-refractivity contribution < 1.29 is 9.50 Å². The Morgan fingerprint density at radius 1 is 1.40 bits per heavy atom. The summed E-state index contributed by atoms with van der Waals surface area (Å²) in [6.07, 6.45) is 0. The van der Waals surface area contributed by atoms with Crippen LogP contribution in [0.4, 0.5) is 4.39 Å². The number of halogens is 1. The molecule has 0 amide bonds. The summed E-state index contributed by atoms with van der Waals surface area (Å²) in [5.74, 6) is -0.179. The normalized spacial score (nSPS) is 11.8. The van der Waals surface area contributed by atoms with E-state index in [1.807, 2.05) is 6.07 Å². The van der Waals surface area contributed by atoms with Crippen molar-refractivity contribution in [2.45, 2.75) is 32.9 Å². The number of hydrogen-bond donors (Lipinski definition) is 2. The van der Waals surface area contributed by atoms with Gasteiger partial charge in [0, 0.05) is 13.1 Å². The van der Waals surface area contributed by atoms with E-state index in [0.29, 0.717) is 18.7 Å². The SMILES string of the molecule is Cc1cc(CNCC(C)(C)O)ccc1F. The molecule has 0 saturated carbocycles. The van der Waals surface area contributed by atoms with Crippen LogP contribution in [-0.4, -0.2) is 17.3 Å². The van der Waals surface area contributed by atoms with Crippen molar-refractivity contribution in [2.75, 3.05) is 6.54 Å². The first-order valence-corrected chi connectivity index (χ1v) is 5.06. The van der Waals surface area contributed by atoms with Crippen molar-refractivity contribution in [3.05, 3.63) is 35.1 Å². The fraction of sp³-hybridized carbons (Fsp3) is 0.500. The van der Waals surface area contributed by atoms with E-state index < -0.39 is 5.60 Å². The van der Waals surface area contributed by atoms with Crippen molar-refractivity contribution in [3.8, 4) is 0 Å². The molecule has 0 aromatic heterocycles. The predicted molar refractivity (Wildman–Crippen MR) is 59.1 cm³/mol. The second-order valence-electron chi connectivity index (χ2n) is 4.50. The molecule has 0 unspecified atom stereocenters. The van der Waals surface area contributed by atoms with Crippen LogP contribution in [0.5, 0.6) is 0 Å². The summed E-state index contributed by atoms with van der Waals surface area (Å²) in [6, 6.07) is 5.03. The number of benzene rings is 1. The summed E-state index contributed by atoms with van der Waals surface area (Å²) in [5, 5.41) is 12.6. The van der Waals surface area contributed by atoms with E-state index in [4.69, 9.17) is 0 Å². The highest BCUT2D eigenvalue weighted by Gasteiger charge is 2.10. The van der Waals surface area contributed by atoms with Crippen LogP contribution in [0, 0.1) is 12.7 Å². The highest BCUT2D eigenvalue weighted by Crippen LogP contribution is 2.09. The van der Waals surface area contributed by atoms with Gasteiger partial charge in [0.25, 0.3) is 0 Å². The van der Waals surface area contributed by atoms with Gasteiger partial charge in [-0.25, -0.2) is 4.39 Å². The molecule has 0 aliphatic heterocycles. The third kappa shape index (κ3) is 4.40. The van der Waals surface area contributed by atoms with Crippen LogP contribution in [0.3, 0.4) is 0 Å². The Labute approximate surface area is 90.1 Å². The molecule has 0 atom stereocenters. The Bertz CT molecular complexity index is 331. The summed E-state index contributed by atoms with van der Waals surface area (Å²) < 4.78 is 12.9. The van der Waals surface area contributed by atoms with Crippen molar-refractivity contribution in [3.63, 3.8) is 0 Å². The van der Waals surface area contributed by atoms with E-state index in [2.05, 4.69) is 5.32 Å². The molecule has 3 heteroatoms. The molecule has 1 rings (SSSR count). The number of aryl methyl sites for hydroxylation is 1. The van der Waals surface area contributed by atoms with Gasteiger partial charge in [-0.2, -0.15) is 0 Å². The largest absolute Gasteiger partial charge is 0.389 e. The molecule has 0 radical (unpaired) electrons. The quantitative estimate of drug-likeness (QED) is 0.798. The lowest BCUT2D eigenvalue weighted by atomic mass is 10.1. The average molecular weight is 211 g/mol. The second-order valence-corrected chi connectivity index (χ2v) is 4.50. The van der Waals surface area contributed by atoms with E-state index in [1.165, 1.54) is 6.07 Å². The van der Waals surface area contributed by atoms with Gasteiger partial charge < -0.3 is 10.4 Å². The van der Waals surface area contributed by atoms with Crippen molar-refractivity contribution in [1.29, 1.82) is 0 Å². The van der Waals surface area contributed by atoms with E-state index in [1.54, 1.807) is 26.8 Å². The minimum atomic E-state index is -0.713. The lowest BCUT2D eigenvalue weighted by Crippen LogP contribution is -2.34. The fourth-order valence-corrected chi connectivity index (χ4v) is 1.33. The lowest BCUT2D eigenvalue weighted by Gasteiger charge is -2.17.